The second-order valence-corrected chi connectivity index (χ2v) is 9.31. The van der Waals surface area contributed by atoms with Crippen LogP contribution in [0, 0.1) is 0 Å². The molecule has 2 aliphatic heterocycles. The standard InChI is InChI=1S/C15H23N3O2S/c19-21(20)8-3-13(4-9-21)18-7-1-5-15(11-18)6-2-12-10-16-17-14(12)15/h10,13H,1-9,11H2,(H,16,17). The van der Waals surface area contributed by atoms with Gasteiger partial charge in [0.2, 0.25) is 0 Å². The Morgan fingerprint density at radius 1 is 1.29 bits per heavy atom. The minimum atomic E-state index is -2.76. The van der Waals surface area contributed by atoms with Gasteiger partial charge in [0.1, 0.15) is 9.84 Å². The summed E-state index contributed by atoms with van der Waals surface area (Å²) in [6.07, 6.45) is 8.42. The van der Waals surface area contributed by atoms with Gasteiger partial charge in [-0.05, 0) is 50.6 Å². The number of nitrogens with one attached hydrogen (secondary N) is 1. The molecule has 3 heterocycles. The molecule has 0 saturated carbocycles. The van der Waals surface area contributed by atoms with Gasteiger partial charge < -0.3 is 0 Å². The van der Waals surface area contributed by atoms with Gasteiger partial charge in [0.05, 0.1) is 17.7 Å². The number of aryl methyl sites for hydroxylation is 1. The molecule has 2 fully saturated rings. The second kappa shape index (κ2) is 4.81. The summed E-state index contributed by atoms with van der Waals surface area (Å²) >= 11 is 0. The van der Waals surface area contributed by atoms with Crippen LogP contribution in [-0.4, -0.2) is 54.2 Å². The zero-order valence-electron chi connectivity index (χ0n) is 12.3. The number of hydrogen-bond acceptors (Lipinski definition) is 4. The third-order valence-electron chi connectivity index (χ3n) is 5.77. The first-order valence-electron chi connectivity index (χ1n) is 8.05. The second-order valence-electron chi connectivity index (χ2n) is 7.01. The molecule has 1 aromatic heterocycles. The number of fused-ring (bicyclic) bond motifs is 2. The molecule has 1 unspecified atom stereocenters. The van der Waals surface area contributed by atoms with E-state index in [1.54, 1.807) is 0 Å². The SMILES string of the molecule is O=S1(=O)CCC(N2CCCC3(CCc4cn[nH]c43)C2)CC1. The highest BCUT2D eigenvalue weighted by Gasteiger charge is 2.45. The van der Waals surface area contributed by atoms with Crippen LogP contribution >= 0.6 is 0 Å². The molecule has 1 N–H and O–H groups in total. The van der Waals surface area contributed by atoms with Gasteiger partial charge in [-0.1, -0.05) is 0 Å². The zero-order chi connectivity index (χ0) is 14.5. The van der Waals surface area contributed by atoms with Crippen molar-refractivity contribution >= 4 is 9.84 Å². The Morgan fingerprint density at radius 2 is 2.10 bits per heavy atom. The molecule has 3 aliphatic rings. The lowest BCUT2D eigenvalue weighted by Gasteiger charge is -2.45. The van der Waals surface area contributed by atoms with Crippen molar-refractivity contribution in [2.75, 3.05) is 24.6 Å². The number of likely N-dealkylation sites (tertiary alicyclic amines) is 1. The predicted molar refractivity (Wildman–Crippen MR) is 81.1 cm³/mol. The number of piperidine rings is 1. The molecule has 1 aromatic rings. The fourth-order valence-corrected chi connectivity index (χ4v) is 6.06. The quantitative estimate of drug-likeness (QED) is 0.848. The normalized spacial score (nSPS) is 33.3. The van der Waals surface area contributed by atoms with Crippen LogP contribution in [0.5, 0.6) is 0 Å². The largest absolute Gasteiger partial charge is 0.299 e. The van der Waals surface area contributed by atoms with E-state index in [4.69, 9.17) is 0 Å². The van der Waals surface area contributed by atoms with Crippen LogP contribution in [0.3, 0.4) is 0 Å². The van der Waals surface area contributed by atoms with Crippen LogP contribution in [0.2, 0.25) is 0 Å². The van der Waals surface area contributed by atoms with Gasteiger partial charge in [-0.2, -0.15) is 5.10 Å². The molecule has 1 aliphatic carbocycles. The molecule has 116 valence electrons. The van der Waals surface area contributed by atoms with Gasteiger partial charge in [-0.15, -0.1) is 0 Å². The molecule has 4 rings (SSSR count). The van der Waals surface area contributed by atoms with Crippen molar-refractivity contribution in [3.05, 3.63) is 17.5 Å². The van der Waals surface area contributed by atoms with Gasteiger partial charge in [0, 0.05) is 23.7 Å². The van der Waals surface area contributed by atoms with Crippen molar-refractivity contribution in [2.45, 2.75) is 50.0 Å². The summed E-state index contributed by atoms with van der Waals surface area (Å²) in [5, 5.41) is 7.47. The molecule has 0 aromatic carbocycles. The van der Waals surface area contributed by atoms with Crippen LogP contribution in [-0.2, 0) is 21.7 Å². The highest BCUT2D eigenvalue weighted by Crippen LogP contribution is 2.44. The van der Waals surface area contributed by atoms with Crippen molar-refractivity contribution < 1.29 is 8.42 Å². The highest BCUT2D eigenvalue weighted by molar-refractivity contribution is 7.91. The first-order valence-corrected chi connectivity index (χ1v) is 9.87. The maximum absolute atomic E-state index is 11.6. The van der Waals surface area contributed by atoms with Gasteiger partial charge in [0.25, 0.3) is 0 Å². The van der Waals surface area contributed by atoms with Crippen molar-refractivity contribution in [1.82, 2.24) is 15.1 Å². The first-order chi connectivity index (χ1) is 10.1. The monoisotopic (exact) mass is 309 g/mol. The average molecular weight is 309 g/mol. The van der Waals surface area contributed by atoms with Crippen LogP contribution in [0.15, 0.2) is 6.20 Å². The zero-order valence-corrected chi connectivity index (χ0v) is 13.2. The number of H-pyrrole nitrogens is 1. The van der Waals surface area contributed by atoms with Crippen LogP contribution in [0.4, 0.5) is 0 Å². The van der Waals surface area contributed by atoms with E-state index in [1.165, 1.54) is 30.5 Å². The molecule has 0 amide bonds. The van der Waals surface area contributed by atoms with E-state index in [0.29, 0.717) is 17.5 Å². The highest BCUT2D eigenvalue weighted by atomic mass is 32.2. The van der Waals surface area contributed by atoms with Crippen LogP contribution in [0.25, 0.3) is 0 Å². The molecule has 5 nitrogen and oxygen atoms in total. The summed E-state index contributed by atoms with van der Waals surface area (Å²) in [5.74, 6) is 0.743. The van der Waals surface area contributed by atoms with Crippen LogP contribution in [0.1, 0.15) is 43.4 Å². The number of aromatic nitrogens is 2. The molecule has 6 heteroatoms. The van der Waals surface area contributed by atoms with Gasteiger partial charge in [0.15, 0.2) is 0 Å². The Balaban J connectivity index is 1.52. The lowest BCUT2D eigenvalue weighted by atomic mass is 9.77. The summed E-state index contributed by atoms with van der Waals surface area (Å²) in [6, 6.07) is 0.456. The fraction of sp³-hybridized carbons (Fsp3) is 0.800. The van der Waals surface area contributed by atoms with E-state index < -0.39 is 9.84 Å². The van der Waals surface area contributed by atoms with Gasteiger partial charge in [-0.3, -0.25) is 10.00 Å². The summed E-state index contributed by atoms with van der Waals surface area (Å²) in [5.41, 5.74) is 3.00. The van der Waals surface area contributed by atoms with E-state index in [0.717, 1.165) is 32.4 Å². The molecule has 1 atom stereocenters. The van der Waals surface area contributed by atoms with E-state index in [2.05, 4.69) is 15.1 Å². The number of hydrogen-bond donors (Lipinski definition) is 1. The Hall–Kier alpha value is -0.880. The third-order valence-corrected chi connectivity index (χ3v) is 7.48. The fourth-order valence-electron chi connectivity index (χ4n) is 4.59. The van der Waals surface area contributed by atoms with E-state index in [-0.39, 0.29) is 5.41 Å². The smallest absolute Gasteiger partial charge is 0.150 e. The van der Waals surface area contributed by atoms with Crippen molar-refractivity contribution in [3.8, 4) is 0 Å². The predicted octanol–water partition coefficient (Wildman–Crippen LogP) is 1.27. The minimum absolute atomic E-state index is 0.250. The molecule has 0 bridgehead atoms. The molecule has 21 heavy (non-hydrogen) atoms. The molecule has 1 spiro atoms. The average Bonchev–Trinajstić information content (AvgIpc) is 3.05. The summed E-state index contributed by atoms with van der Waals surface area (Å²) in [4.78, 5) is 2.56. The Kier molecular flexibility index (Phi) is 3.15. The maximum Gasteiger partial charge on any atom is 0.150 e. The topological polar surface area (TPSA) is 66.1 Å². The van der Waals surface area contributed by atoms with E-state index >= 15 is 0 Å². The van der Waals surface area contributed by atoms with Crippen LogP contribution < -0.4 is 0 Å². The van der Waals surface area contributed by atoms with Crippen molar-refractivity contribution in [2.24, 2.45) is 0 Å². The third kappa shape index (κ3) is 2.32. The van der Waals surface area contributed by atoms with Crippen molar-refractivity contribution in [3.63, 3.8) is 0 Å². The number of nitrogens with zero attached hydrogens (tertiary/aromatic N) is 2. The lowest BCUT2D eigenvalue weighted by molar-refractivity contribution is 0.0931. The number of rotatable bonds is 1. The van der Waals surface area contributed by atoms with Gasteiger partial charge >= 0.3 is 0 Å². The maximum atomic E-state index is 11.6. The number of aromatic amines is 1. The molecular weight excluding hydrogens is 286 g/mol. The van der Waals surface area contributed by atoms with E-state index in [9.17, 15) is 8.42 Å². The Labute approximate surface area is 126 Å². The Bertz CT molecular complexity index is 625. The van der Waals surface area contributed by atoms with Gasteiger partial charge in [-0.25, -0.2) is 8.42 Å². The van der Waals surface area contributed by atoms with Crippen molar-refractivity contribution in [1.29, 1.82) is 0 Å². The Morgan fingerprint density at radius 3 is 2.90 bits per heavy atom. The minimum Gasteiger partial charge on any atom is -0.299 e. The molecule has 0 radical (unpaired) electrons. The lowest BCUT2D eigenvalue weighted by Crippen LogP contribution is -2.51. The summed E-state index contributed by atoms with van der Waals surface area (Å²) in [7, 11) is -2.76. The first kappa shape index (κ1) is 13.8. The number of sulfone groups is 1. The molecule has 2 saturated heterocycles. The molecular formula is C15H23N3O2S. The summed E-state index contributed by atoms with van der Waals surface area (Å²) in [6.45, 7) is 2.20. The summed E-state index contributed by atoms with van der Waals surface area (Å²) < 4.78 is 23.3. The van der Waals surface area contributed by atoms with E-state index in [1.807, 2.05) is 6.20 Å².